The molecule has 0 spiro atoms. The molecule has 1 heterocycles. The second-order valence-corrected chi connectivity index (χ2v) is 4.53. The zero-order chi connectivity index (χ0) is 10.6. The van der Waals surface area contributed by atoms with E-state index in [1.54, 1.807) is 11.3 Å². The number of hydrogen-bond acceptors (Lipinski definition) is 3. The number of nitrogens with zero attached hydrogens (tertiary/aromatic N) is 2. The Bertz CT molecular complexity index is 302. The van der Waals surface area contributed by atoms with Gasteiger partial charge in [0.25, 0.3) is 0 Å². The summed E-state index contributed by atoms with van der Waals surface area (Å²) in [5, 5.41) is 3.16. The maximum atomic E-state index is 4.47. The quantitative estimate of drug-likeness (QED) is 0.758. The lowest BCUT2D eigenvalue weighted by atomic mass is 10.1. The number of thiazole rings is 1. The standard InChI is InChI=1S/C11H18N2S/c1-5-9(2)6-7-10-8-14-11(12-10)13(3)4/h6-9H,5H2,1-4H3/b7-6+/t9-/m1/s1. The molecule has 0 saturated heterocycles. The first-order valence-electron chi connectivity index (χ1n) is 4.94. The summed E-state index contributed by atoms with van der Waals surface area (Å²) in [7, 11) is 4.03. The van der Waals surface area contributed by atoms with Crippen LogP contribution in [-0.4, -0.2) is 19.1 Å². The summed E-state index contributed by atoms with van der Waals surface area (Å²) in [6.45, 7) is 4.41. The van der Waals surface area contributed by atoms with Crippen molar-refractivity contribution in [3.63, 3.8) is 0 Å². The van der Waals surface area contributed by atoms with Crippen LogP contribution in [0.1, 0.15) is 26.0 Å². The van der Waals surface area contributed by atoms with Crippen LogP contribution in [0.3, 0.4) is 0 Å². The van der Waals surface area contributed by atoms with Gasteiger partial charge in [-0.1, -0.05) is 26.3 Å². The van der Waals surface area contributed by atoms with Gasteiger partial charge in [-0.05, 0) is 12.0 Å². The molecule has 0 aliphatic rings. The maximum Gasteiger partial charge on any atom is 0.185 e. The average Bonchev–Trinajstić information content (AvgIpc) is 2.62. The van der Waals surface area contributed by atoms with E-state index in [0.717, 1.165) is 10.8 Å². The van der Waals surface area contributed by atoms with E-state index in [0.29, 0.717) is 5.92 Å². The maximum absolute atomic E-state index is 4.47. The molecule has 0 fully saturated rings. The van der Waals surface area contributed by atoms with Crippen molar-refractivity contribution >= 4 is 22.5 Å². The van der Waals surface area contributed by atoms with Crippen molar-refractivity contribution in [1.29, 1.82) is 0 Å². The number of rotatable bonds is 4. The Morgan fingerprint density at radius 1 is 1.57 bits per heavy atom. The van der Waals surface area contributed by atoms with Crippen LogP contribution in [-0.2, 0) is 0 Å². The topological polar surface area (TPSA) is 16.1 Å². The molecule has 0 N–H and O–H groups in total. The summed E-state index contributed by atoms with van der Waals surface area (Å²) in [6.07, 6.45) is 5.51. The van der Waals surface area contributed by atoms with Crippen LogP contribution in [0.2, 0.25) is 0 Å². The van der Waals surface area contributed by atoms with E-state index in [1.807, 2.05) is 19.0 Å². The monoisotopic (exact) mass is 210 g/mol. The number of allylic oxidation sites excluding steroid dienone is 1. The summed E-state index contributed by atoms with van der Waals surface area (Å²) < 4.78 is 0. The number of anilines is 1. The minimum atomic E-state index is 0.638. The molecule has 1 atom stereocenters. The van der Waals surface area contributed by atoms with E-state index in [2.05, 4.69) is 36.4 Å². The Kier molecular flexibility index (Phi) is 4.14. The van der Waals surface area contributed by atoms with Crippen molar-refractivity contribution in [3.8, 4) is 0 Å². The summed E-state index contributed by atoms with van der Waals surface area (Å²) in [4.78, 5) is 6.51. The highest BCUT2D eigenvalue weighted by atomic mass is 32.1. The minimum absolute atomic E-state index is 0.638. The van der Waals surface area contributed by atoms with E-state index in [4.69, 9.17) is 0 Å². The average molecular weight is 210 g/mol. The lowest BCUT2D eigenvalue weighted by Gasteiger charge is -2.05. The van der Waals surface area contributed by atoms with Gasteiger partial charge < -0.3 is 4.90 Å². The third-order valence-corrected chi connectivity index (χ3v) is 3.16. The fourth-order valence-electron chi connectivity index (χ4n) is 0.957. The Morgan fingerprint density at radius 2 is 2.29 bits per heavy atom. The SMILES string of the molecule is CC[C@@H](C)/C=C/c1csc(N(C)C)n1. The molecule has 0 aromatic carbocycles. The lowest BCUT2D eigenvalue weighted by molar-refractivity contribution is 0.701. The summed E-state index contributed by atoms with van der Waals surface area (Å²) >= 11 is 1.68. The van der Waals surface area contributed by atoms with Crippen molar-refractivity contribution in [3.05, 3.63) is 17.2 Å². The van der Waals surface area contributed by atoms with Gasteiger partial charge in [-0.3, -0.25) is 0 Å². The first kappa shape index (κ1) is 11.2. The van der Waals surface area contributed by atoms with Gasteiger partial charge in [-0.15, -0.1) is 11.3 Å². The number of hydrogen-bond donors (Lipinski definition) is 0. The molecular formula is C11H18N2S. The smallest absolute Gasteiger partial charge is 0.185 e. The fraction of sp³-hybridized carbons (Fsp3) is 0.545. The molecule has 1 rings (SSSR count). The van der Waals surface area contributed by atoms with Crippen molar-refractivity contribution in [2.75, 3.05) is 19.0 Å². The Balaban J connectivity index is 2.64. The second kappa shape index (κ2) is 5.15. The predicted molar refractivity (Wildman–Crippen MR) is 64.9 cm³/mol. The number of aromatic nitrogens is 1. The van der Waals surface area contributed by atoms with Crippen LogP contribution in [0.5, 0.6) is 0 Å². The van der Waals surface area contributed by atoms with Crippen LogP contribution in [0.25, 0.3) is 6.08 Å². The van der Waals surface area contributed by atoms with Crippen molar-refractivity contribution < 1.29 is 0 Å². The van der Waals surface area contributed by atoms with Gasteiger partial charge in [-0.25, -0.2) is 4.98 Å². The Labute approximate surface area is 90.3 Å². The molecule has 78 valence electrons. The van der Waals surface area contributed by atoms with Crippen LogP contribution >= 0.6 is 11.3 Å². The highest BCUT2D eigenvalue weighted by Gasteiger charge is 2.00. The molecule has 0 amide bonds. The highest BCUT2D eigenvalue weighted by Crippen LogP contribution is 2.19. The molecule has 0 unspecified atom stereocenters. The van der Waals surface area contributed by atoms with E-state index in [1.165, 1.54) is 6.42 Å². The van der Waals surface area contributed by atoms with Crippen LogP contribution in [0.4, 0.5) is 5.13 Å². The van der Waals surface area contributed by atoms with E-state index in [9.17, 15) is 0 Å². The van der Waals surface area contributed by atoms with E-state index >= 15 is 0 Å². The molecule has 3 heteroatoms. The highest BCUT2D eigenvalue weighted by molar-refractivity contribution is 7.13. The first-order valence-corrected chi connectivity index (χ1v) is 5.82. The van der Waals surface area contributed by atoms with Crippen LogP contribution < -0.4 is 4.90 Å². The van der Waals surface area contributed by atoms with Gasteiger partial charge in [0.2, 0.25) is 0 Å². The zero-order valence-electron chi connectivity index (χ0n) is 9.32. The van der Waals surface area contributed by atoms with Crippen molar-refractivity contribution in [2.45, 2.75) is 20.3 Å². The van der Waals surface area contributed by atoms with Crippen molar-refractivity contribution in [2.24, 2.45) is 5.92 Å². The van der Waals surface area contributed by atoms with Crippen LogP contribution in [0.15, 0.2) is 11.5 Å². The molecule has 0 saturated carbocycles. The second-order valence-electron chi connectivity index (χ2n) is 3.69. The van der Waals surface area contributed by atoms with Gasteiger partial charge in [-0.2, -0.15) is 0 Å². The molecule has 1 aromatic rings. The normalized spacial score (nSPS) is 13.4. The summed E-state index contributed by atoms with van der Waals surface area (Å²) in [5.74, 6) is 0.638. The molecule has 1 aromatic heterocycles. The molecule has 2 nitrogen and oxygen atoms in total. The lowest BCUT2D eigenvalue weighted by Crippen LogP contribution is -2.07. The molecular weight excluding hydrogens is 192 g/mol. The fourth-order valence-corrected chi connectivity index (χ4v) is 1.68. The van der Waals surface area contributed by atoms with Gasteiger partial charge >= 0.3 is 0 Å². The summed E-state index contributed by atoms with van der Waals surface area (Å²) in [5.41, 5.74) is 1.07. The Hall–Kier alpha value is -0.830. The van der Waals surface area contributed by atoms with Crippen LogP contribution in [0, 0.1) is 5.92 Å². The molecule has 0 bridgehead atoms. The first-order chi connectivity index (χ1) is 6.63. The third-order valence-electron chi connectivity index (χ3n) is 2.13. The summed E-state index contributed by atoms with van der Waals surface area (Å²) in [6, 6.07) is 0. The van der Waals surface area contributed by atoms with Gasteiger partial charge in [0.05, 0.1) is 5.69 Å². The molecule has 0 aliphatic carbocycles. The van der Waals surface area contributed by atoms with Gasteiger partial charge in [0.1, 0.15) is 0 Å². The molecule has 0 aliphatic heterocycles. The molecule has 14 heavy (non-hydrogen) atoms. The third kappa shape index (κ3) is 3.14. The predicted octanol–water partition coefficient (Wildman–Crippen LogP) is 3.27. The zero-order valence-corrected chi connectivity index (χ0v) is 10.1. The van der Waals surface area contributed by atoms with E-state index < -0.39 is 0 Å². The largest absolute Gasteiger partial charge is 0.354 e. The van der Waals surface area contributed by atoms with Gasteiger partial charge in [0, 0.05) is 19.5 Å². The van der Waals surface area contributed by atoms with Crippen molar-refractivity contribution in [1.82, 2.24) is 4.98 Å². The molecule has 0 radical (unpaired) electrons. The van der Waals surface area contributed by atoms with E-state index in [-0.39, 0.29) is 0 Å². The van der Waals surface area contributed by atoms with Gasteiger partial charge in [0.15, 0.2) is 5.13 Å². The Morgan fingerprint density at radius 3 is 2.79 bits per heavy atom. The minimum Gasteiger partial charge on any atom is -0.354 e.